The predicted octanol–water partition coefficient (Wildman–Crippen LogP) is 0.513. The van der Waals surface area contributed by atoms with Crippen LogP contribution in [0, 0.1) is 0 Å². The van der Waals surface area contributed by atoms with Gasteiger partial charge in [-0.3, -0.25) is 9.89 Å². The summed E-state index contributed by atoms with van der Waals surface area (Å²) >= 11 is 0. The smallest absolute Gasteiger partial charge is 0.240 e. The van der Waals surface area contributed by atoms with Crippen LogP contribution in [0.2, 0.25) is 0 Å². The fraction of sp³-hybridized carbons (Fsp3) is 0.333. The molecule has 0 radical (unpaired) electrons. The van der Waals surface area contributed by atoms with Crippen LogP contribution in [0.1, 0.15) is 18.5 Å². The summed E-state index contributed by atoms with van der Waals surface area (Å²) in [7, 11) is 1.78. The molecule has 7 heteroatoms. The Bertz CT molecular complexity index is 512. The molecule has 2 heterocycles. The average Bonchev–Trinajstić information content (AvgIpc) is 2.93. The molecule has 1 atom stereocenters. The molecule has 0 saturated heterocycles. The molecule has 0 aliphatic rings. The second kappa shape index (κ2) is 5.94. The minimum atomic E-state index is -0.0938. The van der Waals surface area contributed by atoms with Gasteiger partial charge in [-0.15, -0.1) is 0 Å². The van der Waals surface area contributed by atoms with E-state index in [1.807, 2.05) is 6.92 Å². The molecule has 19 heavy (non-hydrogen) atoms. The van der Waals surface area contributed by atoms with E-state index in [9.17, 15) is 4.79 Å². The van der Waals surface area contributed by atoms with E-state index in [0.717, 1.165) is 5.56 Å². The number of anilines is 1. The van der Waals surface area contributed by atoms with E-state index in [4.69, 9.17) is 0 Å². The third-order valence-electron chi connectivity index (χ3n) is 2.67. The Labute approximate surface area is 111 Å². The van der Waals surface area contributed by atoms with Gasteiger partial charge in [0, 0.05) is 31.2 Å². The number of carbonyl (C=O) groups excluding carboxylic acids is 1. The molecule has 0 bridgehead atoms. The van der Waals surface area contributed by atoms with Crippen LogP contribution >= 0.6 is 0 Å². The second-order valence-electron chi connectivity index (χ2n) is 4.23. The molecular formula is C12H16N6O. The van der Waals surface area contributed by atoms with Crippen molar-refractivity contribution in [3.05, 3.63) is 36.4 Å². The van der Waals surface area contributed by atoms with Crippen molar-refractivity contribution in [2.24, 2.45) is 0 Å². The van der Waals surface area contributed by atoms with Gasteiger partial charge in [0.1, 0.15) is 0 Å². The molecule has 0 aromatic carbocycles. The summed E-state index contributed by atoms with van der Waals surface area (Å²) in [5.74, 6) is 0.428. The number of H-pyrrole nitrogens is 1. The molecule has 0 aliphatic heterocycles. The molecule has 2 aromatic rings. The standard InChI is InChI=1S/C12H16N6O/c1-9(10-6-15-16-7-10)17-11(19)8-18(2)12-13-4-3-5-14-12/h3-7,9H,8H2,1-2H3,(H,15,16)(H,17,19). The van der Waals surface area contributed by atoms with Gasteiger partial charge in [0.2, 0.25) is 11.9 Å². The summed E-state index contributed by atoms with van der Waals surface area (Å²) in [6.07, 6.45) is 6.74. The summed E-state index contributed by atoms with van der Waals surface area (Å²) in [5, 5.41) is 9.46. The van der Waals surface area contributed by atoms with Crippen LogP contribution in [0.15, 0.2) is 30.9 Å². The van der Waals surface area contributed by atoms with E-state index in [1.165, 1.54) is 0 Å². The van der Waals surface area contributed by atoms with Crippen molar-refractivity contribution in [2.45, 2.75) is 13.0 Å². The number of nitrogens with zero attached hydrogens (tertiary/aromatic N) is 4. The van der Waals surface area contributed by atoms with Gasteiger partial charge < -0.3 is 10.2 Å². The third-order valence-corrected chi connectivity index (χ3v) is 2.67. The average molecular weight is 260 g/mol. The van der Waals surface area contributed by atoms with Crippen LogP contribution in [0.3, 0.4) is 0 Å². The van der Waals surface area contributed by atoms with Crippen molar-refractivity contribution < 1.29 is 4.79 Å². The highest BCUT2D eigenvalue weighted by molar-refractivity contribution is 5.81. The maximum absolute atomic E-state index is 11.9. The first-order valence-corrected chi connectivity index (χ1v) is 5.93. The van der Waals surface area contributed by atoms with Gasteiger partial charge in [0.15, 0.2) is 0 Å². The van der Waals surface area contributed by atoms with Crippen molar-refractivity contribution in [1.82, 2.24) is 25.5 Å². The molecule has 1 unspecified atom stereocenters. The minimum absolute atomic E-state index is 0.0867. The number of likely N-dealkylation sites (N-methyl/N-ethyl adjacent to an activating group) is 1. The SMILES string of the molecule is CC(NC(=O)CN(C)c1ncccn1)c1cn[nH]c1. The lowest BCUT2D eigenvalue weighted by Gasteiger charge is -2.18. The number of carbonyl (C=O) groups is 1. The van der Waals surface area contributed by atoms with E-state index in [-0.39, 0.29) is 18.5 Å². The Hall–Kier alpha value is -2.44. The Morgan fingerprint density at radius 1 is 1.47 bits per heavy atom. The summed E-state index contributed by atoms with van der Waals surface area (Å²) in [6.45, 7) is 2.11. The molecule has 0 saturated carbocycles. The number of amides is 1. The number of hydrogen-bond acceptors (Lipinski definition) is 5. The van der Waals surface area contributed by atoms with Gasteiger partial charge in [0.05, 0.1) is 18.8 Å². The molecule has 0 fully saturated rings. The monoisotopic (exact) mass is 260 g/mol. The highest BCUT2D eigenvalue weighted by Crippen LogP contribution is 2.09. The van der Waals surface area contributed by atoms with Crippen molar-refractivity contribution in [3.63, 3.8) is 0 Å². The van der Waals surface area contributed by atoms with Crippen LogP contribution in [-0.4, -0.2) is 39.7 Å². The van der Waals surface area contributed by atoms with Crippen LogP contribution in [0.5, 0.6) is 0 Å². The highest BCUT2D eigenvalue weighted by atomic mass is 16.2. The Kier molecular flexibility index (Phi) is 4.07. The van der Waals surface area contributed by atoms with Crippen LogP contribution in [0.25, 0.3) is 0 Å². The van der Waals surface area contributed by atoms with Crippen LogP contribution < -0.4 is 10.2 Å². The van der Waals surface area contributed by atoms with Crippen molar-refractivity contribution >= 4 is 11.9 Å². The lowest BCUT2D eigenvalue weighted by atomic mass is 10.2. The molecular weight excluding hydrogens is 244 g/mol. The summed E-state index contributed by atoms with van der Waals surface area (Å²) < 4.78 is 0. The lowest BCUT2D eigenvalue weighted by molar-refractivity contribution is -0.120. The van der Waals surface area contributed by atoms with E-state index in [2.05, 4.69) is 25.5 Å². The van der Waals surface area contributed by atoms with Crippen molar-refractivity contribution in [1.29, 1.82) is 0 Å². The fourth-order valence-electron chi connectivity index (χ4n) is 1.64. The van der Waals surface area contributed by atoms with Gasteiger partial charge >= 0.3 is 0 Å². The van der Waals surface area contributed by atoms with Crippen molar-refractivity contribution in [3.8, 4) is 0 Å². The molecule has 1 amide bonds. The van der Waals surface area contributed by atoms with Gasteiger partial charge in [-0.2, -0.15) is 5.10 Å². The zero-order valence-corrected chi connectivity index (χ0v) is 10.9. The normalized spacial score (nSPS) is 11.9. The summed E-state index contributed by atoms with van der Waals surface area (Å²) in [4.78, 5) is 21.7. The molecule has 2 N–H and O–H groups in total. The fourth-order valence-corrected chi connectivity index (χ4v) is 1.64. The summed E-state index contributed by atoms with van der Waals surface area (Å²) in [6, 6.07) is 1.65. The summed E-state index contributed by atoms with van der Waals surface area (Å²) in [5.41, 5.74) is 0.937. The van der Waals surface area contributed by atoms with Gasteiger partial charge in [-0.05, 0) is 13.0 Å². The maximum atomic E-state index is 11.9. The number of rotatable bonds is 5. The minimum Gasteiger partial charge on any atom is -0.348 e. The van der Waals surface area contributed by atoms with Gasteiger partial charge in [-0.1, -0.05) is 0 Å². The van der Waals surface area contributed by atoms with Gasteiger partial charge in [-0.25, -0.2) is 9.97 Å². The van der Waals surface area contributed by atoms with E-state index >= 15 is 0 Å². The number of aromatic nitrogens is 4. The molecule has 100 valence electrons. The second-order valence-corrected chi connectivity index (χ2v) is 4.23. The predicted molar refractivity (Wildman–Crippen MR) is 70.4 cm³/mol. The third kappa shape index (κ3) is 3.51. The first-order chi connectivity index (χ1) is 9.16. The highest BCUT2D eigenvalue weighted by Gasteiger charge is 2.13. The van der Waals surface area contributed by atoms with E-state index in [1.54, 1.807) is 42.8 Å². The number of hydrogen-bond donors (Lipinski definition) is 2. The lowest BCUT2D eigenvalue weighted by Crippen LogP contribution is -2.37. The maximum Gasteiger partial charge on any atom is 0.240 e. The Morgan fingerprint density at radius 3 is 2.84 bits per heavy atom. The zero-order valence-electron chi connectivity index (χ0n) is 10.9. The topological polar surface area (TPSA) is 86.8 Å². The van der Waals surface area contributed by atoms with Crippen LogP contribution in [0.4, 0.5) is 5.95 Å². The zero-order chi connectivity index (χ0) is 13.7. The first-order valence-electron chi connectivity index (χ1n) is 5.93. The Morgan fingerprint density at radius 2 is 2.21 bits per heavy atom. The van der Waals surface area contributed by atoms with Gasteiger partial charge in [0.25, 0.3) is 0 Å². The van der Waals surface area contributed by atoms with E-state index < -0.39 is 0 Å². The number of nitrogens with one attached hydrogen (secondary N) is 2. The van der Waals surface area contributed by atoms with Crippen molar-refractivity contribution in [2.75, 3.05) is 18.5 Å². The Balaban J connectivity index is 1.88. The quantitative estimate of drug-likeness (QED) is 0.818. The first kappa shape index (κ1) is 13.0. The van der Waals surface area contributed by atoms with E-state index in [0.29, 0.717) is 5.95 Å². The van der Waals surface area contributed by atoms with Crippen LogP contribution in [-0.2, 0) is 4.79 Å². The molecule has 2 aromatic heterocycles. The molecule has 2 rings (SSSR count). The molecule has 0 spiro atoms. The largest absolute Gasteiger partial charge is 0.348 e. The number of aromatic amines is 1. The molecule has 7 nitrogen and oxygen atoms in total. The molecule has 0 aliphatic carbocycles.